The van der Waals surface area contributed by atoms with Gasteiger partial charge in [-0.25, -0.2) is 0 Å². The number of hydrogen-bond donors (Lipinski definition) is 1. The predicted molar refractivity (Wildman–Crippen MR) is 125 cm³/mol. The van der Waals surface area contributed by atoms with Crippen LogP contribution in [0.1, 0.15) is 5.56 Å². The average Bonchev–Trinajstić information content (AvgIpc) is 3.27. The van der Waals surface area contributed by atoms with Crippen LogP contribution in [0.15, 0.2) is 78.2 Å². The zero-order chi connectivity index (χ0) is 22.3. The molecule has 0 radical (unpaired) electrons. The largest absolute Gasteiger partial charge is 0.497 e. The molecule has 2 aromatic heterocycles. The summed E-state index contributed by atoms with van der Waals surface area (Å²) < 4.78 is 7.19. The zero-order valence-corrected chi connectivity index (χ0v) is 18.8. The number of aromatic nitrogens is 4. The van der Waals surface area contributed by atoms with E-state index in [-0.39, 0.29) is 11.7 Å². The van der Waals surface area contributed by atoms with Crippen LogP contribution in [0.4, 0.5) is 0 Å². The first kappa shape index (κ1) is 21.9. The Morgan fingerprint density at radius 2 is 1.75 bits per heavy atom. The molecule has 0 fully saturated rings. The van der Waals surface area contributed by atoms with Gasteiger partial charge in [0.15, 0.2) is 11.0 Å². The molecule has 0 aliphatic carbocycles. The van der Waals surface area contributed by atoms with Gasteiger partial charge in [-0.05, 0) is 54.1 Å². The van der Waals surface area contributed by atoms with E-state index in [0.29, 0.717) is 22.5 Å². The van der Waals surface area contributed by atoms with Crippen LogP contribution in [0, 0.1) is 0 Å². The topological polar surface area (TPSA) is 81.9 Å². The highest BCUT2D eigenvalue weighted by atomic mass is 35.5. The van der Waals surface area contributed by atoms with Crippen LogP contribution in [-0.4, -0.2) is 38.5 Å². The van der Waals surface area contributed by atoms with Gasteiger partial charge < -0.3 is 10.1 Å². The number of hydrogen-bond acceptors (Lipinski definition) is 6. The molecule has 7 nitrogen and oxygen atoms in total. The maximum absolute atomic E-state index is 12.4. The molecule has 0 bridgehead atoms. The minimum absolute atomic E-state index is 0.0975. The molecule has 162 valence electrons. The number of benzene rings is 2. The second-order valence-electron chi connectivity index (χ2n) is 6.77. The molecule has 1 amide bonds. The lowest BCUT2D eigenvalue weighted by Gasteiger charge is -2.11. The summed E-state index contributed by atoms with van der Waals surface area (Å²) in [5.41, 5.74) is 2.73. The molecule has 0 saturated heterocycles. The monoisotopic (exact) mass is 465 g/mol. The number of pyridine rings is 1. The number of carbonyl (C=O) groups excluding carboxylic acids is 1. The molecule has 0 unspecified atom stereocenters. The highest BCUT2D eigenvalue weighted by Gasteiger charge is 2.17. The molecule has 2 aromatic carbocycles. The first-order chi connectivity index (χ1) is 15.6. The Kier molecular flexibility index (Phi) is 7.03. The Balaban J connectivity index is 1.52. The van der Waals surface area contributed by atoms with E-state index in [1.54, 1.807) is 31.6 Å². The predicted octanol–water partition coefficient (Wildman–Crippen LogP) is 4.40. The lowest BCUT2D eigenvalue weighted by Crippen LogP contribution is -2.24. The Morgan fingerprint density at radius 1 is 1.03 bits per heavy atom. The quantitative estimate of drug-likeness (QED) is 0.388. The van der Waals surface area contributed by atoms with Crippen molar-refractivity contribution in [1.29, 1.82) is 0 Å². The summed E-state index contributed by atoms with van der Waals surface area (Å²) in [5.74, 6) is 1.53. The molecule has 1 N–H and O–H groups in total. The summed E-state index contributed by atoms with van der Waals surface area (Å²) >= 11 is 7.23. The van der Waals surface area contributed by atoms with Gasteiger partial charge >= 0.3 is 0 Å². The van der Waals surface area contributed by atoms with Crippen molar-refractivity contribution in [2.75, 3.05) is 12.9 Å². The summed E-state index contributed by atoms with van der Waals surface area (Å²) in [5, 5.41) is 12.9. The maximum Gasteiger partial charge on any atom is 0.230 e. The number of halogens is 1. The highest BCUT2D eigenvalue weighted by molar-refractivity contribution is 7.99. The van der Waals surface area contributed by atoms with Crippen molar-refractivity contribution in [2.24, 2.45) is 0 Å². The van der Waals surface area contributed by atoms with E-state index in [2.05, 4.69) is 20.5 Å². The van der Waals surface area contributed by atoms with Gasteiger partial charge in [0.25, 0.3) is 0 Å². The van der Waals surface area contributed by atoms with Crippen LogP contribution in [0.5, 0.6) is 5.75 Å². The van der Waals surface area contributed by atoms with E-state index in [1.165, 1.54) is 11.8 Å². The van der Waals surface area contributed by atoms with Crippen LogP contribution in [0.25, 0.3) is 17.1 Å². The molecule has 0 spiro atoms. The minimum atomic E-state index is -0.0975. The molecule has 4 aromatic rings. The van der Waals surface area contributed by atoms with Crippen LogP contribution >= 0.6 is 23.4 Å². The van der Waals surface area contributed by atoms with Crippen molar-refractivity contribution in [3.05, 3.63) is 83.6 Å². The normalized spacial score (nSPS) is 10.7. The van der Waals surface area contributed by atoms with Crippen LogP contribution in [-0.2, 0) is 11.3 Å². The van der Waals surface area contributed by atoms with Crippen LogP contribution < -0.4 is 10.1 Å². The second-order valence-corrected chi connectivity index (χ2v) is 8.15. The smallest absolute Gasteiger partial charge is 0.230 e. The second kappa shape index (κ2) is 10.3. The first-order valence-corrected chi connectivity index (χ1v) is 11.1. The minimum Gasteiger partial charge on any atom is -0.497 e. The number of carbonyl (C=O) groups is 1. The molecule has 4 rings (SSSR count). The number of thioether (sulfide) groups is 1. The van der Waals surface area contributed by atoms with Gasteiger partial charge in [0.1, 0.15) is 5.75 Å². The average molecular weight is 466 g/mol. The first-order valence-electron chi connectivity index (χ1n) is 9.78. The standard InChI is InChI=1S/C23H20ClN5O2S/c1-31-20-8-6-19(7-9-20)29-22(17-10-12-25-13-11-17)27-28-23(29)32-15-21(30)26-14-16-2-4-18(24)5-3-16/h2-13H,14-15H2,1H3,(H,26,30). The lowest BCUT2D eigenvalue weighted by molar-refractivity contribution is -0.118. The molecule has 0 aliphatic rings. The van der Waals surface area contributed by atoms with E-state index in [9.17, 15) is 4.79 Å². The van der Waals surface area contributed by atoms with Crippen molar-refractivity contribution in [3.63, 3.8) is 0 Å². The van der Waals surface area contributed by atoms with Crippen LogP contribution in [0.2, 0.25) is 5.02 Å². The number of amides is 1. The van der Waals surface area contributed by atoms with Crippen LogP contribution in [0.3, 0.4) is 0 Å². The summed E-state index contributed by atoms with van der Waals surface area (Å²) in [6.45, 7) is 0.435. The molecule has 9 heteroatoms. The third-order valence-corrected chi connectivity index (χ3v) is 5.82. The highest BCUT2D eigenvalue weighted by Crippen LogP contribution is 2.28. The number of methoxy groups -OCH3 is 1. The summed E-state index contributed by atoms with van der Waals surface area (Å²) in [4.78, 5) is 16.5. The summed E-state index contributed by atoms with van der Waals surface area (Å²) in [7, 11) is 1.63. The Labute approximate surface area is 194 Å². The van der Waals surface area contributed by atoms with Gasteiger partial charge in [0.05, 0.1) is 12.9 Å². The Hall–Kier alpha value is -3.36. The Bertz CT molecular complexity index is 1180. The molecule has 2 heterocycles. The van der Waals surface area contributed by atoms with Gasteiger partial charge in [0, 0.05) is 35.2 Å². The van der Waals surface area contributed by atoms with Crippen molar-refractivity contribution in [2.45, 2.75) is 11.7 Å². The fourth-order valence-corrected chi connectivity index (χ4v) is 3.91. The van der Waals surface area contributed by atoms with Gasteiger partial charge in [-0.3, -0.25) is 14.3 Å². The fourth-order valence-electron chi connectivity index (χ4n) is 3.00. The molecule has 32 heavy (non-hydrogen) atoms. The van der Waals surface area contributed by atoms with E-state index in [4.69, 9.17) is 16.3 Å². The zero-order valence-electron chi connectivity index (χ0n) is 17.2. The van der Waals surface area contributed by atoms with Gasteiger partial charge in [-0.1, -0.05) is 35.5 Å². The van der Waals surface area contributed by atoms with Gasteiger partial charge in [-0.15, -0.1) is 10.2 Å². The summed E-state index contributed by atoms with van der Waals surface area (Å²) in [6, 6.07) is 18.7. The third kappa shape index (κ3) is 5.27. The third-order valence-electron chi connectivity index (χ3n) is 4.64. The number of rotatable bonds is 8. The van der Waals surface area contributed by atoms with Crippen molar-refractivity contribution in [3.8, 4) is 22.8 Å². The number of nitrogens with zero attached hydrogens (tertiary/aromatic N) is 4. The molecule has 0 atom stereocenters. The molecule has 0 saturated carbocycles. The maximum atomic E-state index is 12.4. The Morgan fingerprint density at radius 3 is 2.44 bits per heavy atom. The van der Waals surface area contributed by atoms with Gasteiger partial charge in [-0.2, -0.15) is 0 Å². The fraction of sp³-hybridized carbons (Fsp3) is 0.130. The van der Waals surface area contributed by atoms with Crippen molar-refractivity contribution in [1.82, 2.24) is 25.1 Å². The summed E-state index contributed by atoms with van der Waals surface area (Å²) in [6.07, 6.45) is 3.42. The molecular formula is C23H20ClN5O2S. The van der Waals surface area contributed by atoms with E-state index < -0.39 is 0 Å². The van der Waals surface area contributed by atoms with Crippen molar-refractivity contribution >= 4 is 29.3 Å². The molecule has 0 aliphatic heterocycles. The van der Waals surface area contributed by atoms with Crippen molar-refractivity contribution < 1.29 is 9.53 Å². The SMILES string of the molecule is COc1ccc(-n2c(SCC(=O)NCc3ccc(Cl)cc3)nnc2-c2ccncc2)cc1. The number of nitrogens with one attached hydrogen (secondary N) is 1. The molecular weight excluding hydrogens is 446 g/mol. The van der Waals surface area contributed by atoms with E-state index in [0.717, 1.165) is 22.6 Å². The number of ether oxygens (including phenoxy) is 1. The van der Waals surface area contributed by atoms with E-state index >= 15 is 0 Å². The van der Waals surface area contributed by atoms with Gasteiger partial charge in [0.2, 0.25) is 5.91 Å². The lowest BCUT2D eigenvalue weighted by atomic mass is 10.2. The van der Waals surface area contributed by atoms with E-state index in [1.807, 2.05) is 53.1 Å².